The number of hydrogen-bond donors (Lipinski definition) is 1. The predicted molar refractivity (Wildman–Crippen MR) is 84.8 cm³/mol. The number of nitrogens with zero attached hydrogens (tertiary/aromatic N) is 1. The number of rotatable bonds is 1. The summed E-state index contributed by atoms with van der Waals surface area (Å²) in [6, 6.07) is 10.9. The number of fused-ring (bicyclic) bond motifs is 2. The van der Waals surface area contributed by atoms with Gasteiger partial charge in [0, 0.05) is 12.6 Å². The van der Waals surface area contributed by atoms with Gasteiger partial charge < -0.3 is 10.0 Å². The fourth-order valence-corrected chi connectivity index (χ4v) is 2.74. The minimum Gasteiger partial charge on any atom is -0.508 e. The number of phenolic OH excluding ortho intramolecular Hbond substituents is 1. The van der Waals surface area contributed by atoms with E-state index in [1.165, 1.54) is 11.6 Å². The second-order valence-electron chi connectivity index (χ2n) is 5.28. The summed E-state index contributed by atoms with van der Waals surface area (Å²) in [6.07, 6.45) is 0.931. The smallest absolute Gasteiger partial charge is 0.258 e. The van der Waals surface area contributed by atoms with Crippen molar-refractivity contribution in [3.05, 3.63) is 65.2 Å². The van der Waals surface area contributed by atoms with Crippen molar-refractivity contribution >= 4 is 17.2 Å². The van der Waals surface area contributed by atoms with E-state index >= 15 is 0 Å². The Morgan fingerprint density at radius 2 is 1.86 bits per heavy atom. The number of hydrogen-bond acceptors (Lipinski definition) is 2. The van der Waals surface area contributed by atoms with E-state index in [0.717, 1.165) is 28.8 Å². The fraction of sp³-hybridized carbons (Fsp3) is 0.167. The van der Waals surface area contributed by atoms with Crippen molar-refractivity contribution < 1.29 is 9.90 Å². The lowest BCUT2D eigenvalue weighted by atomic mass is 9.94. The van der Waals surface area contributed by atoms with Crippen LogP contribution in [-0.2, 0) is 6.42 Å². The molecule has 21 heavy (non-hydrogen) atoms. The van der Waals surface area contributed by atoms with Crippen molar-refractivity contribution in [2.45, 2.75) is 13.3 Å². The first kappa shape index (κ1) is 13.4. The molecule has 0 atom stereocenters. The van der Waals surface area contributed by atoms with E-state index in [0.29, 0.717) is 5.56 Å². The Hall–Kier alpha value is -2.55. The first-order chi connectivity index (χ1) is 10.0. The molecule has 1 amide bonds. The molecule has 1 aliphatic heterocycles. The molecule has 0 aliphatic carbocycles. The van der Waals surface area contributed by atoms with Crippen molar-refractivity contribution in [3.8, 4) is 5.75 Å². The van der Waals surface area contributed by atoms with Gasteiger partial charge in [-0.1, -0.05) is 19.6 Å². The third-order valence-corrected chi connectivity index (χ3v) is 4.02. The van der Waals surface area contributed by atoms with Crippen molar-refractivity contribution in [1.82, 2.24) is 0 Å². The van der Waals surface area contributed by atoms with Gasteiger partial charge in [-0.15, -0.1) is 0 Å². The number of phenols is 1. The van der Waals surface area contributed by atoms with Crippen molar-refractivity contribution in [3.63, 3.8) is 0 Å². The predicted octanol–water partition coefficient (Wildman–Crippen LogP) is 3.61. The maximum Gasteiger partial charge on any atom is 0.258 e. The highest BCUT2D eigenvalue weighted by Crippen LogP contribution is 2.38. The Morgan fingerprint density at radius 3 is 2.57 bits per heavy atom. The third-order valence-electron chi connectivity index (χ3n) is 4.02. The maximum atomic E-state index is 12.6. The second kappa shape index (κ2) is 4.77. The summed E-state index contributed by atoms with van der Waals surface area (Å²) in [6.45, 7) is 6.27. The highest BCUT2D eigenvalue weighted by molar-refractivity contribution is 6.13. The van der Waals surface area contributed by atoms with Gasteiger partial charge in [0.05, 0.1) is 11.3 Å². The summed E-state index contributed by atoms with van der Waals surface area (Å²) in [4.78, 5) is 14.2. The Kier molecular flexibility index (Phi) is 3.05. The van der Waals surface area contributed by atoms with Gasteiger partial charge in [0.2, 0.25) is 0 Å². The van der Waals surface area contributed by atoms with Crippen molar-refractivity contribution in [2.75, 3.05) is 11.9 Å². The van der Waals surface area contributed by atoms with E-state index in [2.05, 4.69) is 19.6 Å². The summed E-state index contributed by atoms with van der Waals surface area (Å²) in [7, 11) is 1.75. The molecular formula is C18H17NO2. The third kappa shape index (κ3) is 2.02. The van der Waals surface area contributed by atoms with Crippen molar-refractivity contribution in [2.24, 2.45) is 0 Å². The molecule has 0 saturated heterocycles. The molecule has 0 saturated carbocycles. The van der Waals surface area contributed by atoms with Crippen LogP contribution in [0.5, 0.6) is 5.75 Å². The molecule has 3 rings (SSSR count). The fourth-order valence-electron chi connectivity index (χ4n) is 2.74. The zero-order chi connectivity index (χ0) is 15.1. The normalized spacial score (nSPS) is 13.7. The molecule has 1 N–H and O–H groups in total. The van der Waals surface area contributed by atoms with Gasteiger partial charge in [-0.25, -0.2) is 0 Å². The standard InChI is InChI=1S/C18H17NO2/c1-4-12-5-8-17-15(9-12)11(2)14-7-6-13(20)10-16(14)18(21)19(17)3/h5-10,20H,2,4H2,1,3H3. The molecule has 1 aliphatic rings. The molecule has 3 heteroatoms. The van der Waals surface area contributed by atoms with Gasteiger partial charge >= 0.3 is 0 Å². The number of carbonyl (C=O) groups excluding carboxylic acids is 1. The highest BCUT2D eigenvalue weighted by Gasteiger charge is 2.26. The summed E-state index contributed by atoms with van der Waals surface area (Å²) in [5.74, 6) is -0.0476. The molecule has 1 heterocycles. The van der Waals surface area contributed by atoms with Crippen LogP contribution in [0.25, 0.3) is 5.57 Å². The minimum absolute atomic E-state index is 0.0866. The van der Waals surface area contributed by atoms with E-state index < -0.39 is 0 Å². The summed E-state index contributed by atoms with van der Waals surface area (Å²) in [5, 5.41) is 9.67. The van der Waals surface area contributed by atoms with Gasteiger partial charge in [-0.3, -0.25) is 4.79 Å². The van der Waals surface area contributed by atoms with E-state index in [9.17, 15) is 9.90 Å². The molecule has 2 aromatic carbocycles. The zero-order valence-electron chi connectivity index (χ0n) is 12.2. The van der Waals surface area contributed by atoms with Gasteiger partial charge in [0.1, 0.15) is 5.75 Å². The molecule has 0 spiro atoms. The Morgan fingerprint density at radius 1 is 1.10 bits per heavy atom. The lowest BCUT2D eigenvalue weighted by Gasteiger charge is -2.18. The van der Waals surface area contributed by atoms with Crippen LogP contribution in [0.4, 0.5) is 5.69 Å². The quantitative estimate of drug-likeness (QED) is 0.866. The average Bonchev–Trinajstić information content (AvgIpc) is 2.58. The van der Waals surface area contributed by atoms with Crippen molar-refractivity contribution in [1.29, 1.82) is 0 Å². The van der Waals surface area contributed by atoms with Crippen LogP contribution in [-0.4, -0.2) is 18.1 Å². The number of benzene rings is 2. The van der Waals surface area contributed by atoms with Gasteiger partial charge in [-0.2, -0.15) is 0 Å². The summed E-state index contributed by atoms with van der Waals surface area (Å²) >= 11 is 0. The Labute approximate surface area is 124 Å². The number of aryl methyl sites for hydroxylation is 1. The first-order valence-electron chi connectivity index (χ1n) is 6.96. The Bertz CT molecular complexity index is 762. The minimum atomic E-state index is -0.134. The number of amides is 1. The largest absolute Gasteiger partial charge is 0.508 e. The zero-order valence-corrected chi connectivity index (χ0v) is 12.2. The molecule has 0 unspecified atom stereocenters. The van der Waals surface area contributed by atoms with Gasteiger partial charge in [0.25, 0.3) is 5.91 Å². The molecule has 0 fully saturated rings. The van der Waals surface area contributed by atoms with Crippen LogP contribution in [0.1, 0.15) is 34.0 Å². The van der Waals surface area contributed by atoms with Gasteiger partial charge in [0.15, 0.2) is 0 Å². The number of aromatic hydroxyl groups is 1. The average molecular weight is 279 g/mol. The maximum absolute atomic E-state index is 12.6. The van der Waals surface area contributed by atoms with E-state index in [1.54, 1.807) is 24.1 Å². The van der Waals surface area contributed by atoms with E-state index in [-0.39, 0.29) is 11.7 Å². The molecule has 3 nitrogen and oxygen atoms in total. The van der Waals surface area contributed by atoms with Crippen LogP contribution in [0, 0.1) is 0 Å². The first-order valence-corrected chi connectivity index (χ1v) is 6.96. The second-order valence-corrected chi connectivity index (χ2v) is 5.28. The Balaban J connectivity index is 2.30. The molecule has 0 bridgehead atoms. The topological polar surface area (TPSA) is 40.5 Å². The van der Waals surface area contributed by atoms with Crippen LogP contribution in [0.2, 0.25) is 0 Å². The molecule has 106 valence electrons. The van der Waals surface area contributed by atoms with Crippen LogP contribution < -0.4 is 4.90 Å². The SMILES string of the molecule is C=C1c2ccc(O)cc2C(=O)N(C)c2ccc(CC)cc21. The lowest BCUT2D eigenvalue weighted by Crippen LogP contribution is -2.26. The highest BCUT2D eigenvalue weighted by atomic mass is 16.3. The lowest BCUT2D eigenvalue weighted by molar-refractivity contribution is 0.0993. The molecule has 0 aromatic heterocycles. The van der Waals surface area contributed by atoms with Gasteiger partial charge in [-0.05, 0) is 53.5 Å². The van der Waals surface area contributed by atoms with E-state index in [4.69, 9.17) is 0 Å². The van der Waals surface area contributed by atoms with Crippen LogP contribution >= 0.6 is 0 Å². The number of carbonyl (C=O) groups is 1. The number of anilines is 1. The molecular weight excluding hydrogens is 262 g/mol. The molecule has 0 radical (unpaired) electrons. The molecule has 2 aromatic rings. The summed E-state index contributed by atoms with van der Waals surface area (Å²) in [5.41, 5.74) is 5.09. The monoisotopic (exact) mass is 279 g/mol. The van der Waals surface area contributed by atoms with E-state index in [1.807, 2.05) is 12.1 Å². The van der Waals surface area contributed by atoms with Crippen LogP contribution in [0.15, 0.2) is 43.0 Å². The summed E-state index contributed by atoms with van der Waals surface area (Å²) < 4.78 is 0. The van der Waals surface area contributed by atoms with Crippen LogP contribution in [0.3, 0.4) is 0 Å².